The number of hydrogen-bond donors (Lipinski definition) is 1. The second kappa shape index (κ2) is 10.3. The van der Waals surface area contributed by atoms with Crippen molar-refractivity contribution < 1.29 is 29.0 Å². The van der Waals surface area contributed by atoms with Gasteiger partial charge in [0, 0.05) is 11.6 Å². The number of amides is 1. The Morgan fingerprint density at radius 1 is 1.03 bits per heavy atom. The molecular formula is C28H24ClNO6. The van der Waals surface area contributed by atoms with Crippen LogP contribution in [-0.2, 0) is 20.9 Å². The Morgan fingerprint density at radius 3 is 2.36 bits per heavy atom. The first-order valence-electron chi connectivity index (χ1n) is 11.1. The molecule has 1 N–H and O–H groups in total. The van der Waals surface area contributed by atoms with Gasteiger partial charge >= 0.3 is 5.97 Å². The van der Waals surface area contributed by atoms with Gasteiger partial charge in [-0.2, -0.15) is 0 Å². The van der Waals surface area contributed by atoms with E-state index in [0.29, 0.717) is 27.5 Å². The Labute approximate surface area is 213 Å². The van der Waals surface area contributed by atoms with E-state index in [1.807, 2.05) is 31.2 Å². The minimum Gasteiger partial charge on any atom is -0.507 e. The molecule has 3 aromatic rings. The second-order valence-electron chi connectivity index (χ2n) is 8.32. The number of rotatable bonds is 6. The van der Waals surface area contributed by atoms with Gasteiger partial charge in [0.15, 0.2) is 0 Å². The van der Waals surface area contributed by atoms with E-state index < -0.39 is 23.7 Å². The van der Waals surface area contributed by atoms with E-state index in [9.17, 15) is 19.5 Å². The minimum atomic E-state index is -0.852. The van der Waals surface area contributed by atoms with Gasteiger partial charge in [-0.25, -0.2) is 4.79 Å². The van der Waals surface area contributed by atoms with Crippen molar-refractivity contribution in [3.63, 3.8) is 0 Å². The van der Waals surface area contributed by atoms with E-state index in [4.69, 9.17) is 21.1 Å². The van der Waals surface area contributed by atoms with E-state index in [1.54, 1.807) is 36.4 Å². The summed E-state index contributed by atoms with van der Waals surface area (Å²) < 4.78 is 10.1. The van der Waals surface area contributed by atoms with Crippen LogP contribution < -0.4 is 4.74 Å². The van der Waals surface area contributed by atoms with Crippen molar-refractivity contribution in [2.75, 3.05) is 14.2 Å². The second-order valence-corrected chi connectivity index (χ2v) is 8.75. The first kappa shape index (κ1) is 25.0. The number of benzene rings is 3. The third-order valence-electron chi connectivity index (χ3n) is 6.17. The summed E-state index contributed by atoms with van der Waals surface area (Å²) in [7, 11) is 2.74. The topological polar surface area (TPSA) is 93.1 Å². The zero-order valence-corrected chi connectivity index (χ0v) is 20.7. The number of esters is 1. The van der Waals surface area contributed by atoms with Crippen LogP contribution in [0.1, 0.15) is 38.7 Å². The molecule has 1 aliphatic rings. The van der Waals surface area contributed by atoms with Gasteiger partial charge in [0.1, 0.15) is 11.5 Å². The Hall–Kier alpha value is -4.10. The number of aryl methyl sites for hydroxylation is 1. The number of Topliss-reactive ketones (excluding diaryl/α,β-unsaturated/α-hetero) is 1. The third-order valence-corrected chi connectivity index (χ3v) is 6.40. The normalized spacial score (nSPS) is 16.8. The number of hydrogen-bond acceptors (Lipinski definition) is 6. The fourth-order valence-corrected chi connectivity index (χ4v) is 4.50. The van der Waals surface area contributed by atoms with Gasteiger partial charge in [0.25, 0.3) is 11.7 Å². The molecule has 36 heavy (non-hydrogen) atoms. The van der Waals surface area contributed by atoms with Gasteiger partial charge in [-0.15, -0.1) is 0 Å². The Morgan fingerprint density at radius 2 is 1.72 bits per heavy atom. The zero-order valence-electron chi connectivity index (χ0n) is 19.9. The molecule has 1 amide bonds. The molecule has 0 bridgehead atoms. The first-order chi connectivity index (χ1) is 17.3. The molecule has 4 rings (SSSR count). The lowest BCUT2D eigenvalue weighted by atomic mass is 9.92. The molecule has 184 valence electrons. The summed E-state index contributed by atoms with van der Waals surface area (Å²) in [6.07, 6.45) is 0. The number of nitrogens with zero attached hydrogens (tertiary/aromatic N) is 1. The molecule has 1 aliphatic heterocycles. The van der Waals surface area contributed by atoms with Crippen molar-refractivity contribution in [1.29, 1.82) is 0 Å². The molecule has 0 aromatic heterocycles. The predicted molar refractivity (Wildman–Crippen MR) is 135 cm³/mol. The number of aliphatic hydroxyl groups excluding tert-OH is 1. The number of aliphatic hydroxyl groups is 1. The molecule has 1 saturated heterocycles. The number of methoxy groups -OCH3 is 2. The maximum absolute atomic E-state index is 13.3. The maximum Gasteiger partial charge on any atom is 0.337 e. The van der Waals surface area contributed by atoms with E-state index in [2.05, 4.69) is 0 Å². The van der Waals surface area contributed by atoms with Gasteiger partial charge in [-0.05, 0) is 53.9 Å². The largest absolute Gasteiger partial charge is 0.507 e. The highest BCUT2D eigenvalue weighted by atomic mass is 35.5. The molecule has 1 heterocycles. The minimum absolute atomic E-state index is 0.0546. The summed E-state index contributed by atoms with van der Waals surface area (Å²) in [5.41, 5.74) is 2.77. The highest BCUT2D eigenvalue weighted by Gasteiger charge is 2.46. The van der Waals surface area contributed by atoms with Gasteiger partial charge in [-0.3, -0.25) is 9.59 Å². The van der Waals surface area contributed by atoms with Crippen LogP contribution in [0.4, 0.5) is 0 Å². The summed E-state index contributed by atoms with van der Waals surface area (Å²) in [4.78, 5) is 39.8. The molecule has 8 heteroatoms. The van der Waals surface area contributed by atoms with Crippen molar-refractivity contribution >= 4 is 35.0 Å². The van der Waals surface area contributed by atoms with Gasteiger partial charge < -0.3 is 19.5 Å². The quantitative estimate of drug-likeness (QED) is 0.218. The molecule has 1 unspecified atom stereocenters. The van der Waals surface area contributed by atoms with Crippen LogP contribution in [0.25, 0.3) is 5.76 Å². The average molecular weight is 506 g/mol. The number of likely N-dealkylation sites (tertiary alicyclic amines) is 1. The fraction of sp³-hybridized carbons (Fsp3) is 0.179. The Balaban J connectivity index is 1.86. The van der Waals surface area contributed by atoms with Crippen LogP contribution in [0, 0.1) is 6.92 Å². The summed E-state index contributed by atoms with van der Waals surface area (Å²) in [6, 6.07) is 17.8. The summed E-state index contributed by atoms with van der Waals surface area (Å²) in [5, 5.41) is 11.7. The highest BCUT2D eigenvalue weighted by molar-refractivity contribution is 6.46. The molecule has 0 radical (unpaired) electrons. The lowest BCUT2D eigenvalue weighted by molar-refractivity contribution is -0.140. The van der Waals surface area contributed by atoms with E-state index >= 15 is 0 Å². The SMILES string of the molecule is COC(=O)c1ccc(CN2C(=O)C(=O)/C(=C(/O)c3cc(Cl)ccc3OC)C2c2ccccc2C)cc1. The van der Waals surface area contributed by atoms with E-state index in [-0.39, 0.29) is 23.4 Å². The van der Waals surface area contributed by atoms with Gasteiger partial charge in [-0.1, -0.05) is 48.0 Å². The monoisotopic (exact) mass is 505 g/mol. The number of carbonyl (C=O) groups excluding carboxylic acids is 3. The van der Waals surface area contributed by atoms with Crippen molar-refractivity contribution in [3.05, 3.63) is 105 Å². The lowest BCUT2D eigenvalue weighted by Crippen LogP contribution is -2.29. The number of carbonyl (C=O) groups is 3. The molecule has 7 nitrogen and oxygen atoms in total. The third kappa shape index (κ3) is 4.57. The molecular weight excluding hydrogens is 482 g/mol. The Kier molecular flexibility index (Phi) is 7.12. The van der Waals surface area contributed by atoms with Gasteiger partial charge in [0.05, 0.1) is 37.0 Å². The lowest BCUT2D eigenvalue weighted by Gasteiger charge is -2.27. The van der Waals surface area contributed by atoms with E-state index in [0.717, 1.165) is 5.56 Å². The van der Waals surface area contributed by atoms with Crippen molar-refractivity contribution in [1.82, 2.24) is 4.90 Å². The summed E-state index contributed by atoms with van der Waals surface area (Å²) >= 11 is 6.17. The molecule has 0 spiro atoms. The van der Waals surface area contributed by atoms with Crippen LogP contribution in [0.5, 0.6) is 5.75 Å². The average Bonchev–Trinajstić information content (AvgIpc) is 3.13. The first-order valence-corrected chi connectivity index (χ1v) is 11.5. The van der Waals surface area contributed by atoms with Crippen LogP contribution >= 0.6 is 11.6 Å². The number of ketones is 1. The fourth-order valence-electron chi connectivity index (χ4n) is 4.33. The van der Waals surface area contributed by atoms with Crippen LogP contribution in [-0.4, -0.2) is 41.9 Å². The molecule has 0 saturated carbocycles. The smallest absolute Gasteiger partial charge is 0.337 e. The number of halogens is 1. The summed E-state index contributed by atoms with van der Waals surface area (Å²) in [6.45, 7) is 1.95. The Bertz CT molecular complexity index is 1380. The highest BCUT2D eigenvalue weighted by Crippen LogP contribution is 2.43. The van der Waals surface area contributed by atoms with Crippen LogP contribution in [0.3, 0.4) is 0 Å². The molecule has 0 aliphatic carbocycles. The standard InChI is InChI=1S/C28H24ClNO6/c1-16-6-4-5-7-20(16)24-23(25(31)21-14-19(29)12-13-22(21)35-2)26(32)27(33)30(24)15-17-8-10-18(11-9-17)28(34)36-3/h4-14,24,31H,15H2,1-3H3/b25-23+. The van der Waals surface area contributed by atoms with Crippen LogP contribution in [0.15, 0.2) is 72.3 Å². The van der Waals surface area contributed by atoms with Crippen molar-refractivity contribution in [2.45, 2.75) is 19.5 Å². The number of ether oxygens (including phenoxy) is 2. The maximum atomic E-state index is 13.3. The zero-order chi connectivity index (χ0) is 26.0. The van der Waals surface area contributed by atoms with Crippen LogP contribution in [0.2, 0.25) is 5.02 Å². The molecule has 1 atom stereocenters. The summed E-state index contributed by atoms with van der Waals surface area (Å²) in [5.74, 6) is -2.09. The van der Waals surface area contributed by atoms with Crippen molar-refractivity contribution in [2.24, 2.45) is 0 Å². The molecule has 1 fully saturated rings. The molecule has 3 aromatic carbocycles. The predicted octanol–water partition coefficient (Wildman–Crippen LogP) is 5.07. The van der Waals surface area contributed by atoms with Crippen molar-refractivity contribution in [3.8, 4) is 5.75 Å². The van der Waals surface area contributed by atoms with E-state index in [1.165, 1.54) is 25.2 Å². The van der Waals surface area contributed by atoms with Gasteiger partial charge in [0.2, 0.25) is 0 Å².